The molecule has 0 radical (unpaired) electrons. The minimum atomic E-state index is -4.28. The second-order valence-electron chi connectivity index (χ2n) is 7.65. The summed E-state index contributed by atoms with van der Waals surface area (Å²) in [6.45, 7) is 6.77. The lowest BCUT2D eigenvalue weighted by atomic mass is 9.80. The Labute approximate surface area is 165 Å². The van der Waals surface area contributed by atoms with Crippen LogP contribution in [0.4, 0.5) is 5.69 Å². The Kier molecular flexibility index (Phi) is 5.16. The van der Waals surface area contributed by atoms with Crippen molar-refractivity contribution in [3.05, 3.63) is 35.9 Å². The summed E-state index contributed by atoms with van der Waals surface area (Å²) in [5.41, 5.74) is 2.83. The van der Waals surface area contributed by atoms with Crippen LogP contribution in [0.5, 0.6) is 0 Å². The lowest BCUT2D eigenvalue weighted by Crippen LogP contribution is -2.27. The molecular weight excluding hydrogens is 402 g/mol. The molecule has 152 valence electrons. The summed E-state index contributed by atoms with van der Waals surface area (Å²) in [4.78, 5) is -0.146. The van der Waals surface area contributed by atoms with Crippen LogP contribution in [0.2, 0.25) is 0 Å². The van der Waals surface area contributed by atoms with Gasteiger partial charge in [0.05, 0.1) is 20.4 Å². The fourth-order valence-corrected chi connectivity index (χ4v) is 4.95. The van der Waals surface area contributed by atoms with Crippen molar-refractivity contribution in [3.8, 4) is 0 Å². The van der Waals surface area contributed by atoms with Crippen LogP contribution in [-0.2, 0) is 25.7 Å². The highest BCUT2D eigenvalue weighted by Crippen LogP contribution is 2.44. The maximum atomic E-state index is 11.4. The van der Waals surface area contributed by atoms with E-state index in [4.69, 9.17) is 0 Å². The molecule has 0 saturated carbocycles. The Balaban J connectivity index is 2.02. The Hall–Kier alpha value is -1.81. The topological polar surface area (TPSA) is 115 Å². The van der Waals surface area contributed by atoms with Gasteiger partial charge in [0.15, 0.2) is 5.71 Å². The molecule has 0 aliphatic carbocycles. The second-order valence-corrected chi connectivity index (χ2v) is 10.6. The van der Waals surface area contributed by atoms with E-state index < -0.39 is 20.2 Å². The smallest absolute Gasteiger partial charge is 0.294 e. The maximum absolute atomic E-state index is 11.4. The largest absolute Gasteiger partial charge is 0.748 e. The van der Waals surface area contributed by atoms with Crippen molar-refractivity contribution in [1.82, 2.24) is 0 Å². The zero-order valence-corrected chi connectivity index (χ0v) is 17.6. The monoisotopic (exact) mass is 425 g/mol. The van der Waals surface area contributed by atoms with Gasteiger partial charge in [0.1, 0.15) is 6.54 Å². The summed E-state index contributed by atoms with van der Waals surface area (Å²) in [5.74, 6) is -0.369. The molecule has 7 nitrogen and oxygen atoms in total. The molecule has 0 spiro atoms. The lowest BCUT2D eigenvalue weighted by molar-refractivity contribution is -0.439. The average molecular weight is 426 g/mol. The predicted octanol–water partition coefficient (Wildman–Crippen LogP) is 2.81. The fourth-order valence-electron chi connectivity index (χ4n) is 3.87. The van der Waals surface area contributed by atoms with Gasteiger partial charge in [-0.2, -0.15) is 13.0 Å². The maximum Gasteiger partial charge on any atom is 0.294 e. The Morgan fingerprint density at radius 2 is 1.75 bits per heavy atom. The molecule has 1 aliphatic heterocycles. The van der Waals surface area contributed by atoms with Crippen molar-refractivity contribution in [2.75, 3.05) is 12.3 Å². The van der Waals surface area contributed by atoms with Crippen LogP contribution in [0.3, 0.4) is 0 Å². The first-order valence-electron chi connectivity index (χ1n) is 8.92. The second kappa shape index (κ2) is 6.91. The van der Waals surface area contributed by atoms with E-state index in [0.717, 1.165) is 22.3 Å². The summed E-state index contributed by atoms with van der Waals surface area (Å²) in [6.07, 6.45) is 0.866. The van der Waals surface area contributed by atoms with Crippen molar-refractivity contribution < 1.29 is 30.5 Å². The first kappa shape index (κ1) is 20.9. The predicted molar refractivity (Wildman–Crippen MR) is 106 cm³/mol. The minimum Gasteiger partial charge on any atom is -0.748 e. The zero-order chi connectivity index (χ0) is 20.9. The van der Waals surface area contributed by atoms with Crippen molar-refractivity contribution in [3.63, 3.8) is 0 Å². The van der Waals surface area contributed by atoms with Gasteiger partial charge in [0, 0.05) is 30.7 Å². The quantitative estimate of drug-likeness (QED) is 0.432. The number of benzene rings is 2. The molecule has 0 atom stereocenters. The number of unbranched alkanes of at least 4 members (excludes halogenated alkanes) is 1. The number of rotatable bonds is 6. The molecule has 2 aromatic carbocycles. The van der Waals surface area contributed by atoms with Crippen molar-refractivity contribution in [2.24, 2.45) is 0 Å². The van der Waals surface area contributed by atoms with Crippen LogP contribution < -0.4 is 0 Å². The van der Waals surface area contributed by atoms with E-state index >= 15 is 0 Å². The van der Waals surface area contributed by atoms with Crippen LogP contribution in [0.1, 0.15) is 39.2 Å². The van der Waals surface area contributed by atoms with Crippen LogP contribution in [0, 0.1) is 0 Å². The van der Waals surface area contributed by atoms with Crippen LogP contribution >= 0.6 is 0 Å². The molecule has 0 amide bonds. The van der Waals surface area contributed by atoms with Gasteiger partial charge in [-0.15, -0.1) is 0 Å². The number of hydrogen-bond donors (Lipinski definition) is 1. The minimum absolute atomic E-state index is 0.146. The van der Waals surface area contributed by atoms with E-state index in [1.54, 1.807) is 6.07 Å². The van der Waals surface area contributed by atoms with Gasteiger partial charge in [-0.25, -0.2) is 8.42 Å². The zero-order valence-electron chi connectivity index (χ0n) is 16.0. The van der Waals surface area contributed by atoms with E-state index in [2.05, 4.69) is 18.4 Å². The molecule has 9 heteroatoms. The molecule has 2 aromatic rings. The van der Waals surface area contributed by atoms with Gasteiger partial charge in [-0.1, -0.05) is 6.07 Å². The first-order chi connectivity index (χ1) is 12.8. The van der Waals surface area contributed by atoms with Gasteiger partial charge in [0.2, 0.25) is 5.69 Å². The number of nitrogens with zero attached hydrogens (tertiary/aromatic N) is 1. The number of hydrogen-bond acceptors (Lipinski definition) is 5. The first-order valence-corrected chi connectivity index (χ1v) is 11.9. The highest BCUT2D eigenvalue weighted by molar-refractivity contribution is 7.86. The summed E-state index contributed by atoms with van der Waals surface area (Å²) in [5, 5.41) is 1.62. The fraction of sp³-hybridized carbons (Fsp3) is 0.421. The Morgan fingerprint density at radius 3 is 2.36 bits per heavy atom. The normalized spacial score (nSPS) is 16.6. The Bertz CT molecular complexity index is 1190. The van der Waals surface area contributed by atoms with Crippen LogP contribution in [0.15, 0.2) is 35.2 Å². The van der Waals surface area contributed by atoms with Gasteiger partial charge in [-0.3, -0.25) is 4.55 Å². The molecule has 1 aliphatic rings. The highest BCUT2D eigenvalue weighted by atomic mass is 32.2. The van der Waals surface area contributed by atoms with Crippen molar-refractivity contribution in [2.45, 2.75) is 43.9 Å². The molecule has 28 heavy (non-hydrogen) atoms. The molecule has 0 aromatic heterocycles. The summed E-state index contributed by atoms with van der Waals surface area (Å²) in [7, 11) is -8.48. The van der Waals surface area contributed by atoms with E-state index in [1.165, 1.54) is 12.1 Å². The van der Waals surface area contributed by atoms with E-state index in [0.29, 0.717) is 24.8 Å². The van der Waals surface area contributed by atoms with E-state index in [-0.39, 0.29) is 16.1 Å². The van der Waals surface area contributed by atoms with Gasteiger partial charge in [0.25, 0.3) is 10.1 Å². The molecule has 3 rings (SSSR count). The molecule has 0 unspecified atom stereocenters. The molecule has 0 fully saturated rings. The van der Waals surface area contributed by atoms with E-state index in [9.17, 15) is 25.9 Å². The molecule has 1 heterocycles. The standard InChI is InChI=1S/C19H23NO6S2/c1-13-19(2,3)18-16-8-7-15(28(24,25)26)12-14(16)6-9-17(18)20(13)10-4-5-11-27(21,22)23/h6-9,12H,4-5,10-11H2,1-3H3,(H-,21,22,23,24,25,26). The lowest BCUT2D eigenvalue weighted by Gasteiger charge is -2.17. The molecular formula is C19H23NO6S2. The van der Waals surface area contributed by atoms with E-state index in [1.807, 2.05) is 19.1 Å². The van der Waals surface area contributed by atoms with Crippen molar-refractivity contribution >= 4 is 42.4 Å². The van der Waals surface area contributed by atoms with Crippen LogP contribution in [-0.4, -0.2) is 48.5 Å². The summed E-state index contributed by atoms with van der Waals surface area (Å²) < 4.78 is 66.7. The SMILES string of the molecule is CC1=[N+](CCCCS(=O)(=O)[O-])c2ccc3cc(S(=O)(=O)O)ccc3c2C1(C)C. The van der Waals surface area contributed by atoms with Gasteiger partial charge < -0.3 is 4.55 Å². The molecule has 0 bridgehead atoms. The highest BCUT2D eigenvalue weighted by Gasteiger charge is 2.44. The van der Waals surface area contributed by atoms with Crippen LogP contribution in [0.25, 0.3) is 10.8 Å². The van der Waals surface area contributed by atoms with Gasteiger partial charge >= 0.3 is 0 Å². The summed E-state index contributed by atoms with van der Waals surface area (Å²) in [6, 6.07) is 8.28. The third kappa shape index (κ3) is 3.84. The average Bonchev–Trinajstić information content (AvgIpc) is 2.77. The third-order valence-corrected chi connectivity index (χ3v) is 7.16. The number of fused-ring (bicyclic) bond motifs is 3. The summed E-state index contributed by atoms with van der Waals surface area (Å²) >= 11 is 0. The van der Waals surface area contributed by atoms with Crippen molar-refractivity contribution in [1.29, 1.82) is 0 Å². The Morgan fingerprint density at radius 1 is 1.07 bits per heavy atom. The molecule has 0 saturated heterocycles. The van der Waals surface area contributed by atoms with Gasteiger partial charge in [-0.05, 0) is 49.2 Å². The molecule has 1 N–H and O–H groups in total. The third-order valence-electron chi connectivity index (χ3n) is 5.52.